The van der Waals surface area contributed by atoms with Crippen molar-refractivity contribution >= 4 is 0 Å². The molecule has 136 valence electrons. The number of hydrogen-bond acceptors (Lipinski definition) is 6. The van der Waals surface area contributed by atoms with E-state index >= 15 is 0 Å². The first-order chi connectivity index (χ1) is 13.2. The van der Waals surface area contributed by atoms with Gasteiger partial charge in [-0.15, -0.1) is 15.3 Å². The number of nitrogens with zero attached hydrogens (tertiary/aromatic N) is 5. The maximum Gasteiger partial charge on any atom is 0.247 e. The highest BCUT2D eigenvalue weighted by atomic mass is 19.1. The van der Waals surface area contributed by atoms with Gasteiger partial charge in [-0.05, 0) is 42.0 Å². The summed E-state index contributed by atoms with van der Waals surface area (Å²) in [6, 6.07) is 13.7. The summed E-state index contributed by atoms with van der Waals surface area (Å²) in [6.07, 6.45) is 1.65. The SMILES string of the molecule is Cc1nnc(-c2ccc(OCc3cnnn3Cc3ccc(F)cc3)cc2)o1. The fraction of sp³-hybridized carbons (Fsp3) is 0.158. The molecule has 0 unspecified atom stereocenters. The standard InChI is InChI=1S/C19H16FN5O2/c1-13-22-23-19(27-13)15-4-8-18(9-5-15)26-12-17-10-21-24-25(17)11-14-2-6-16(20)7-3-14/h2-10H,11-12H2,1H3. The molecule has 2 heterocycles. The molecule has 4 rings (SSSR count). The molecule has 4 aromatic rings. The van der Waals surface area contributed by atoms with Crippen LogP contribution in [0.2, 0.25) is 0 Å². The first-order valence-corrected chi connectivity index (χ1v) is 8.32. The molecule has 0 aliphatic rings. The van der Waals surface area contributed by atoms with Gasteiger partial charge in [0.2, 0.25) is 11.8 Å². The predicted octanol–water partition coefficient (Wildman–Crippen LogP) is 3.40. The average Bonchev–Trinajstić information content (AvgIpc) is 3.31. The molecule has 27 heavy (non-hydrogen) atoms. The summed E-state index contributed by atoms with van der Waals surface area (Å²) >= 11 is 0. The zero-order chi connectivity index (χ0) is 18.6. The Morgan fingerprint density at radius 3 is 2.52 bits per heavy atom. The number of ether oxygens (including phenoxy) is 1. The third kappa shape index (κ3) is 4.00. The second-order valence-electron chi connectivity index (χ2n) is 5.95. The number of halogens is 1. The number of aryl methyl sites for hydroxylation is 1. The van der Waals surface area contributed by atoms with E-state index in [0.717, 1.165) is 16.8 Å². The van der Waals surface area contributed by atoms with Crippen molar-refractivity contribution in [3.05, 3.63) is 77.7 Å². The topological polar surface area (TPSA) is 78.9 Å². The fourth-order valence-corrected chi connectivity index (χ4v) is 2.55. The summed E-state index contributed by atoms with van der Waals surface area (Å²) in [5.74, 6) is 1.43. The van der Waals surface area contributed by atoms with Crippen molar-refractivity contribution in [2.24, 2.45) is 0 Å². The van der Waals surface area contributed by atoms with Gasteiger partial charge in [0.05, 0.1) is 18.4 Å². The molecule has 0 spiro atoms. The van der Waals surface area contributed by atoms with Crippen molar-refractivity contribution in [1.82, 2.24) is 25.2 Å². The first-order valence-electron chi connectivity index (χ1n) is 8.32. The molecule has 0 aliphatic heterocycles. The molecule has 2 aromatic heterocycles. The van der Waals surface area contributed by atoms with Gasteiger partial charge >= 0.3 is 0 Å². The first kappa shape index (κ1) is 16.9. The zero-order valence-corrected chi connectivity index (χ0v) is 14.5. The van der Waals surface area contributed by atoms with Gasteiger partial charge in [-0.25, -0.2) is 9.07 Å². The van der Waals surface area contributed by atoms with Crippen molar-refractivity contribution < 1.29 is 13.5 Å². The van der Waals surface area contributed by atoms with Gasteiger partial charge in [0, 0.05) is 12.5 Å². The Morgan fingerprint density at radius 1 is 1.04 bits per heavy atom. The number of rotatable bonds is 6. The Morgan fingerprint density at radius 2 is 1.81 bits per heavy atom. The minimum atomic E-state index is -0.264. The third-order valence-corrected chi connectivity index (χ3v) is 3.96. The minimum absolute atomic E-state index is 0.264. The lowest BCUT2D eigenvalue weighted by atomic mass is 10.2. The van der Waals surface area contributed by atoms with E-state index in [1.54, 1.807) is 29.9 Å². The van der Waals surface area contributed by atoms with Crippen molar-refractivity contribution in [2.75, 3.05) is 0 Å². The Labute approximate surface area is 154 Å². The summed E-state index contributed by atoms with van der Waals surface area (Å²) < 4.78 is 26.0. The van der Waals surface area contributed by atoms with Crippen molar-refractivity contribution in [2.45, 2.75) is 20.1 Å². The van der Waals surface area contributed by atoms with Crippen molar-refractivity contribution in [3.8, 4) is 17.2 Å². The molecular weight excluding hydrogens is 349 g/mol. The van der Waals surface area contributed by atoms with Gasteiger partial charge in [-0.1, -0.05) is 17.3 Å². The van der Waals surface area contributed by atoms with E-state index in [1.807, 2.05) is 24.3 Å². The monoisotopic (exact) mass is 365 g/mol. The zero-order valence-electron chi connectivity index (χ0n) is 14.5. The van der Waals surface area contributed by atoms with Crippen LogP contribution in [0.25, 0.3) is 11.5 Å². The fourth-order valence-electron chi connectivity index (χ4n) is 2.55. The van der Waals surface area contributed by atoms with Gasteiger partial charge in [0.1, 0.15) is 18.2 Å². The van der Waals surface area contributed by atoms with Crippen LogP contribution in [0.15, 0.2) is 59.1 Å². The van der Waals surface area contributed by atoms with Crippen LogP contribution in [0.5, 0.6) is 5.75 Å². The molecule has 0 aliphatic carbocycles. The molecule has 2 aromatic carbocycles. The van der Waals surface area contributed by atoms with Crippen LogP contribution in [0, 0.1) is 12.7 Å². The van der Waals surface area contributed by atoms with E-state index in [2.05, 4.69) is 20.5 Å². The van der Waals surface area contributed by atoms with Gasteiger partial charge in [-0.2, -0.15) is 0 Å². The summed E-state index contributed by atoms with van der Waals surface area (Å²) in [6.45, 7) is 2.55. The van der Waals surface area contributed by atoms with Crippen LogP contribution in [-0.4, -0.2) is 25.2 Å². The van der Waals surface area contributed by atoms with Gasteiger partial charge in [0.25, 0.3) is 0 Å². The van der Waals surface area contributed by atoms with E-state index < -0.39 is 0 Å². The second-order valence-corrected chi connectivity index (χ2v) is 5.95. The van der Waals surface area contributed by atoms with Crippen LogP contribution >= 0.6 is 0 Å². The number of aromatic nitrogens is 5. The van der Waals surface area contributed by atoms with Gasteiger partial charge < -0.3 is 9.15 Å². The van der Waals surface area contributed by atoms with Crippen LogP contribution in [0.4, 0.5) is 4.39 Å². The molecule has 0 saturated heterocycles. The van der Waals surface area contributed by atoms with Gasteiger partial charge in [0.15, 0.2) is 0 Å². The largest absolute Gasteiger partial charge is 0.487 e. The van der Waals surface area contributed by atoms with Crippen molar-refractivity contribution in [3.63, 3.8) is 0 Å². The molecule has 0 saturated carbocycles. The molecule has 0 atom stereocenters. The number of benzene rings is 2. The number of hydrogen-bond donors (Lipinski definition) is 0. The lowest BCUT2D eigenvalue weighted by molar-refractivity contribution is 0.293. The van der Waals surface area contributed by atoms with Crippen LogP contribution in [0.3, 0.4) is 0 Å². The predicted molar refractivity (Wildman–Crippen MR) is 94.3 cm³/mol. The maximum atomic E-state index is 13.0. The normalized spacial score (nSPS) is 10.9. The lowest BCUT2D eigenvalue weighted by Crippen LogP contribution is -2.09. The molecule has 0 fully saturated rings. The van der Waals surface area contributed by atoms with Crippen LogP contribution in [0.1, 0.15) is 17.1 Å². The molecule has 0 bridgehead atoms. The smallest absolute Gasteiger partial charge is 0.247 e. The minimum Gasteiger partial charge on any atom is -0.487 e. The molecular formula is C19H16FN5O2. The Bertz CT molecular complexity index is 1020. The van der Waals surface area contributed by atoms with E-state index in [-0.39, 0.29) is 5.82 Å². The van der Waals surface area contributed by atoms with E-state index in [0.29, 0.717) is 30.7 Å². The second kappa shape index (κ2) is 7.36. The van der Waals surface area contributed by atoms with Crippen LogP contribution in [-0.2, 0) is 13.2 Å². The molecule has 7 nitrogen and oxygen atoms in total. The van der Waals surface area contributed by atoms with Gasteiger partial charge in [-0.3, -0.25) is 0 Å². The third-order valence-electron chi connectivity index (χ3n) is 3.96. The maximum absolute atomic E-state index is 13.0. The summed E-state index contributed by atoms with van der Waals surface area (Å²) in [4.78, 5) is 0. The van der Waals surface area contributed by atoms with E-state index in [1.165, 1.54) is 12.1 Å². The quantitative estimate of drug-likeness (QED) is 0.521. The lowest BCUT2D eigenvalue weighted by Gasteiger charge is -2.09. The van der Waals surface area contributed by atoms with E-state index in [4.69, 9.17) is 9.15 Å². The van der Waals surface area contributed by atoms with Crippen LogP contribution < -0.4 is 4.74 Å². The molecule has 0 N–H and O–H groups in total. The summed E-state index contributed by atoms with van der Waals surface area (Å²) in [7, 11) is 0. The van der Waals surface area contributed by atoms with E-state index in [9.17, 15) is 4.39 Å². The average molecular weight is 365 g/mol. The molecule has 0 amide bonds. The molecule has 0 radical (unpaired) electrons. The highest BCUT2D eigenvalue weighted by molar-refractivity contribution is 5.53. The highest BCUT2D eigenvalue weighted by Gasteiger charge is 2.08. The Hall–Kier alpha value is -3.55. The van der Waals surface area contributed by atoms with Crippen molar-refractivity contribution in [1.29, 1.82) is 0 Å². The summed E-state index contributed by atoms with van der Waals surface area (Å²) in [5, 5.41) is 15.8. The summed E-state index contributed by atoms with van der Waals surface area (Å²) in [5.41, 5.74) is 2.57. The Kier molecular flexibility index (Phi) is 4.61. The Balaban J connectivity index is 1.40. The molecule has 8 heteroatoms. The highest BCUT2D eigenvalue weighted by Crippen LogP contribution is 2.21.